The summed E-state index contributed by atoms with van der Waals surface area (Å²) in [6.45, 7) is 2.30. The van der Waals surface area contributed by atoms with Crippen LogP contribution in [0.3, 0.4) is 0 Å². The lowest BCUT2D eigenvalue weighted by Gasteiger charge is -2.05. The molecule has 0 spiro atoms. The maximum atomic E-state index is 12.3. The van der Waals surface area contributed by atoms with Crippen molar-refractivity contribution in [1.29, 1.82) is 0 Å². The molecule has 0 bridgehead atoms. The molecule has 1 N–H and O–H groups in total. The second kappa shape index (κ2) is 5.26. The predicted molar refractivity (Wildman–Crippen MR) is 72.5 cm³/mol. The van der Waals surface area contributed by atoms with E-state index in [1.54, 1.807) is 25.5 Å². The van der Waals surface area contributed by atoms with Gasteiger partial charge in [-0.05, 0) is 24.6 Å². The lowest BCUT2D eigenvalue weighted by atomic mass is 10.1. The van der Waals surface area contributed by atoms with Crippen molar-refractivity contribution in [2.45, 2.75) is 13.0 Å². The standard InChI is InChI=1S/C14H13N5O/c1-9-6-17-14(19-18-9)12-13(20)11(8-16-12)5-10-3-2-4-15-7-10/h2-7,12,16H,8H2,1H3. The van der Waals surface area contributed by atoms with Crippen LogP contribution >= 0.6 is 0 Å². The van der Waals surface area contributed by atoms with Crippen LogP contribution in [0.1, 0.15) is 23.1 Å². The molecule has 1 fully saturated rings. The summed E-state index contributed by atoms with van der Waals surface area (Å²) >= 11 is 0. The number of Topliss-reactive ketones (excluding diaryl/α,β-unsaturated/α-hetero) is 1. The summed E-state index contributed by atoms with van der Waals surface area (Å²) in [4.78, 5) is 20.5. The van der Waals surface area contributed by atoms with Crippen LogP contribution in [0.15, 0.2) is 36.3 Å². The monoisotopic (exact) mass is 267 g/mol. The third-order valence-electron chi connectivity index (χ3n) is 3.05. The highest BCUT2D eigenvalue weighted by Crippen LogP contribution is 2.21. The average Bonchev–Trinajstić information content (AvgIpc) is 2.83. The first-order chi connectivity index (χ1) is 9.74. The molecule has 0 radical (unpaired) electrons. The molecule has 100 valence electrons. The Hall–Kier alpha value is -2.47. The number of carbonyl (C=O) groups is 1. The highest BCUT2D eigenvalue weighted by Gasteiger charge is 2.32. The van der Waals surface area contributed by atoms with E-state index >= 15 is 0 Å². The number of hydrogen-bond acceptors (Lipinski definition) is 6. The lowest BCUT2D eigenvalue weighted by Crippen LogP contribution is -2.21. The zero-order chi connectivity index (χ0) is 13.9. The quantitative estimate of drug-likeness (QED) is 0.813. The normalized spacial score (nSPS) is 20.6. The van der Waals surface area contributed by atoms with Crippen LogP contribution in [0.4, 0.5) is 0 Å². The molecule has 2 aromatic heterocycles. The van der Waals surface area contributed by atoms with E-state index in [-0.39, 0.29) is 5.78 Å². The number of ketones is 1. The minimum absolute atomic E-state index is 0.0143. The van der Waals surface area contributed by atoms with Crippen molar-refractivity contribution in [3.63, 3.8) is 0 Å². The fourth-order valence-electron chi connectivity index (χ4n) is 2.04. The second-order valence-electron chi connectivity index (χ2n) is 4.59. The first-order valence-electron chi connectivity index (χ1n) is 6.28. The van der Waals surface area contributed by atoms with Gasteiger partial charge in [0.2, 0.25) is 0 Å². The summed E-state index contributed by atoms with van der Waals surface area (Å²) in [6.07, 6.45) is 6.87. The van der Waals surface area contributed by atoms with Crippen molar-refractivity contribution in [2.24, 2.45) is 0 Å². The Morgan fingerprint density at radius 1 is 1.35 bits per heavy atom. The Morgan fingerprint density at radius 2 is 2.25 bits per heavy atom. The summed E-state index contributed by atoms with van der Waals surface area (Å²) in [6, 6.07) is 3.24. The van der Waals surface area contributed by atoms with Gasteiger partial charge in [0.25, 0.3) is 0 Å². The van der Waals surface area contributed by atoms with Gasteiger partial charge in [-0.1, -0.05) is 6.07 Å². The average molecular weight is 267 g/mol. The van der Waals surface area contributed by atoms with Crippen LogP contribution in [-0.4, -0.2) is 32.5 Å². The molecule has 0 aromatic carbocycles. The van der Waals surface area contributed by atoms with Crippen LogP contribution in [-0.2, 0) is 4.79 Å². The molecule has 1 aliphatic rings. The number of hydrogen-bond donors (Lipinski definition) is 1. The number of rotatable bonds is 2. The molecule has 3 rings (SSSR count). The fraction of sp³-hybridized carbons (Fsp3) is 0.214. The van der Waals surface area contributed by atoms with E-state index in [4.69, 9.17) is 0 Å². The Balaban J connectivity index is 1.84. The van der Waals surface area contributed by atoms with Gasteiger partial charge >= 0.3 is 0 Å². The summed E-state index contributed by atoms with van der Waals surface area (Å²) in [5.74, 6) is 0.398. The van der Waals surface area contributed by atoms with Crippen molar-refractivity contribution in [3.05, 3.63) is 53.4 Å². The molecule has 1 atom stereocenters. The number of pyridine rings is 1. The minimum atomic E-state index is -0.508. The number of nitrogens with zero attached hydrogens (tertiary/aromatic N) is 4. The third kappa shape index (κ3) is 2.46. The maximum absolute atomic E-state index is 12.3. The molecule has 1 unspecified atom stereocenters. The zero-order valence-corrected chi connectivity index (χ0v) is 10.9. The van der Waals surface area contributed by atoms with Crippen LogP contribution in [0.2, 0.25) is 0 Å². The van der Waals surface area contributed by atoms with E-state index in [1.165, 1.54) is 0 Å². The summed E-state index contributed by atoms with van der Waals surface area (Å²) in [7, 11) is 0. The molecule has 6 nitrogen and oxygen atoms in total. The lowest BCUT2D eigenvalue weighted by molar-refractivity contribution is -0.116. The molecule has 0 amide bonds. The SMILES string of the molecule is Cc1cnc(C2NCC(=Cc3cccnc3)C2=O)nn1. The van der Waals surface area contributed by atoms with Crippen molar-refractivity contribution >= 4 is 11.9 Å². The summed E-state index contributed by atoms with van der Waals surface area (Å²) < 4.78 is 0. The molecule has 0 aliphatic carbocycles. The first-order valence-corrected chi connectivity index (χ1v) is 6.28. The van der Waals surface area contributed by atoms with E-state index in [2.05, 4.69) is 25.5 Å². The fourth-order valence-corrected chi connectivity index (χ4v) is 2.04. The number of nitrogens with one attached hydrogen (secondary N) is 1. The van der Waals surface area contributed by atoms with Gasteiger partial charge in [-0.25, -0.2) is 4.98 Å². The highest BCUT2D eigenvalue weighted by molar-refractivity contribution is 6.05. The molecule has 3 heterocycles. The van der Waals surface area contributed by atoms with Gasteiger partial charge in [-0.15, -0.1) is 5.10 Å². The van der Waals surface area contributed by atoms with E-state index in [9.17, 15) is 4.79 Å². The molecule has 0 saturated carbocycles. The van der Waals surface area contributed by atoms with Gasteiger partial charge in [-0.3, -0.25) is 15.1 Å². The first kappa shape index (κ1) is 12.6. The molecule has 1 saturated heterocycles. The van der Waals surface area contributed by atoms with Crippen LogP contribution in [0, 0.1) is 6.92 Å². The highest BCUT2D eigenvalue weighted by atomic mass is 16.1. The van der Waals surface area contributed by atoms with E-state index < -0.39 is 6.04 Å². The third-order valence-corrected chi connectivity index (χ3v) is 3.05. The Bertz CT molecular complexity index is 651. The van der Waals surface area contributed by atoms with Crippen molar-refractivity contribution in [2.75, 3.05) is 6.54 Å². The predicted octanol–water partition coefficient (Wildman–Crippen LogP) is 0.872. The zero-order valence-electron chi connectivity index (χ0n) is 10.9. The van der Waals surface area contributed by atoms with Crippen molar-refractivity contribution in [3.8, 4) is 0 Å². The molecule has 2 aromatic rings. The van der Waals surface area contributed by atoms with Crippen LogP contribution in [0.25, 0.3) is 6.08 Å². The van der Waals surface area contributed by atoms with Gasteiger partial charge in [0, 0.05) is 24.5 Å². The number of carbonyl (C=O) groups excluding carboxylic acids is 1. The Morgan fingerprint density at radius 3 is 2.95 bits per heavy atom. The molecule has 20 heavy (non-hydrogen) atoms. The van der Waals surface area contributed by atoms with Crippen LogP contribution in [0.5, 0.6) is 0 Å². The van der Waals surface area contributed by atoms with E-state index in [0.717, 1.165) is 11.3 Å². The Kier molecular flexibility index (Phi) is 3.30. The number of aryl methyl sites for hydroxylation is 1. The van der Waals surface area contributed by atoms with Crippen LogP contribution < -0.4 is 5.32 Å². The van der Waals surface area contributed by atoms with E-state index in [0.29, 0.717) is 17.9 Å². The second-order valence-corrected chi connectivity index (χ2v) is 4.59. The summed E-state index contributed by atoms with van der Waals surface area (Å²) in [5, 5.41) is 11.0. The molecular weight excluding hydrogens is 254 g/mol. The van der Waals surface area contributed by atoms with Crippen molar-refractivity contribution in [1.82, 2.24) is 25.5 Å². The number of aromatic nitrogens is 4. The Labute approximate surface area is 116 Å². The van der Waals surface area contributed by atoms with E-state index in [1.807, 2.05) is 18.2 Å². The largest absolute Gasteiger partial charge is 0.297 e. The van der Waals surface area contributed by atoms with Gasteiger partial charge in [0.05, 0.1) is 11.9 Å². The topological polar surface area (TPSA) is 80.7 Å². The van der Waals surface area contributed by atoms with Gasteiger partial charge in [0.1, 0.15) is 6.04 Å². The van der Waals surface area contributed by atoms with Gasteiger partial charge in [0.15, 0.2) is 11.6 Å². The van der Waals surface area contributed by atoms with Gasteiger partial charge < -0.3 is 0 Å². The molecule has 1 aliphatic heterocycles. The smallest absolute Gasteiger partial charge is 0.184 e. The molecule has 6 heteroatoms. The molecular formula is C14H13N5O. The summed E-state index contributed by atoms with van der Waals surface area (Å²) in [5.41, 5.74) is 2.33. The maximum Gasteiger partial charge on any atom is 0.184 e. The minimum Gasteiger partial charge on any atom is -0.297 e. The van der Waals surface area contributed by atoms with Crippen molar-refractivity contribution < 1.29 is 4.79 Å². The van der Waals surface area contributed by atoms with Gasteiger partial charge in [-0.2, -0.15) is 5.10 Å².